The third-order valence-electron chi connectivity index (χ3n) is 3.18. The Bertz CT molecular complexity index is 747. The lowest BCUT2D eigenvalue weighted by Gasteiger charge is -2.13. The monoisotopic (exact) mass is 389 g/mol. The van der Waals surface area contributed by atoms with Gasteiger partial charge < -0.3 is 11.1 Å². The Morgan fingerprint density at radius 2 is 1.92 bits per heavy atom. The third-order valence-corrected chi connectivity index (χ3v) is 6.12. The molecule has 0 fully saturated rings. The topological polar surface area (TPSA) is 101 Å². The Hall–Kier alpha value is -1.61. The van der Waals surface area contributed by atoms with Crippen molar-refractivity contribution in [2.45, 2.75) is 23.6 Å². The lowest BCUT2D eigenvalue weighted by Crippen LogP contribution is -2.45. The minimum absolute atomic E-state index is 0. The van der Waals surface area contributed by atoms with Gasteiger partial charge >= 0.3 is 0 Å². The zero-order chi connectivity index (χ0) is 16.9. The van der Waals surface area contributed by atoms with Gasteiger partial charge in [-0.05, 0) is 42.5 Å². The summed E-state index contributed by atoms with van der Waals surface area (Å²) in [5, 5.41) is 4.39. The van der Waals surface area contributed by atoms with Gasteiger partial charge in [-0.3, -0.25) is 4.79 Å². The summed E-state index contributed by atoms with van der Waals surface area (Å²) in [4.78, 5) is 12.0. The van der Waals surface area contributed by atoms with Crippen LogP contribution in [-0.2, 0) is 21.2 Å². The van der Waals surface area contributed by atoms with Gasteiger partial charge in [0.25, 0.3) is 10.0 Å². The Labute approximate surface area is 151 Å². The number of nitrogens with one attached hydrogen (secondary N) is 2. The first-order valence-electron chi connectivity index (χ1n) is 7.06. The van der Waals surface area contributed by atoms with Crippen LogP contribution in [0.15, 0.2) is 46.0 Å². The summed E-state index contributed by atoms with van der Waals surface area (Å²) in [5.74, 6) is -0.361. The second kappa shape index (κ2) is 9.03. The standard InChI is InChI=1S/C15H19N3O3S2.ClH/c1-11(18-23(20,21)14-3-2-10-22-14)15(19)17-9-8-12-4-6-13(16)7-5-12;/h2-7,10-11,18H,8-9,16H2,1H3,(H,17,19);1H. The van der Waals surface area contributed by atoms with Crippen LogP contribution in [0.3, 0.4) is 0 Å². The summed E-state index contributed by atoms with van der Waals surface area (Å²) < 4.78 is 26.6. The van der Waals surface area contributed by atoms with Crippen molar-refractivity contribution in [2.24, 2.45) is 0 Å². The van der Waals surface area contributed by atoms with Crippen LogP contribution in [0, 0.1) is 0 Å². The van der Waals surface area contributed by atoms with Crippen molar-refractivity contribution in [1.82, 2.24) is 10.0 Å². The highest BCUT2D eigenvalue weighted by atomic mass is 35.5. The highest BCUT2D eigenvalue weighted by molar-refractivity contribution is 7.91. The predicted molar refractivity (Wildman–Crippen MR) is 98.9 cm³/mol. The molecule has 1 unspecified atom stereocenters. The van der Waals surface area contributed by atoms with E-state index in [9.17, 15) is 13.2 Å². The molecule has 1 aromatic carbocycles. The highest BCUT2D eigenvalue weighted by Crippen LogP contribution is 2.15. The summed E-state index contributed by atoms with van der Waals surface area (Å²) in [6.45, 7) is 1.94. The molecule has 0 saturated heterocycles. The van der Waals surface area contributed by atoms with Gasteiger partial charge in [0, 0.05) is 12.2 Å². The molecule has 0 aliphatic carbocycles. The van der Waals surface area contributed by atoms with E-state index >= 15 is 0 Å². The molecule has 1 amide bonds. The number of sulfonamides is 1. The maximum absolute atomic E-state index is 12.0. The van der Waals surface area contributed by atoms with E-state index < -0.39 is 16.1 Å². The van der Waals surface area contributed by atoms with Crippen molar-refractivity contribution in [3.05, 3.63) is 47.3 Å². The van der Waals surface area contributed by atoms with E-state index in [0.717, 1.165) is 16.9 Å². The molecule has 132 valence electrons. The average molecular weight is 390 g/mol. The van der Waals surface area contributed by atoms with Crippen LogP contribution in [-0.4, -0.2) is 26.9 Å². The molecular formula is C15H20ClN3O3S2. The summed E-state index contributed by atoms with van der Waals surface area (Å²) in [6, 6.07) is 9.70. The van der Waals surface area contributed by atoms with Gasteiger partial charge in [-0.25, -0.2) is 8.42 Å². The molecular weight excluding hydrogens is 370 g/mol. The van der Waals surface area contributed by atoms with Gasteiger partial charge in [0.2, 0.25) is 5.91 Å². The second-order valence-corrected chi connectivity index (χ2v) is 7.95. The van der Waals surface area contributed by atoms with E-state index in [1.54, 1.807) is 23.6 Å². The summed E-state index contributed by atoms with van der Waals surface area (Å²) in [5.41, 5.74) is 7.34. The van der Waals surface area contributed by atoms with Crippen molar-refractivity contribution in [2.75, 3.05) is 12.3 Å². The van der Waals surface area contributed by atoms with Crippen molar-refractivity contribution in [3.8, 4) is 0 Å². The van der Waals surface area contributed by atoms with Gasteiger partial charge in [-0.2, -0.15) is 4.72 Å². The molecule has 0 radical (unpaired) electrons. The summed E-state index contributed by atoms with van der Waals surface area (Å²) in [6.07, 6.45) is 0.649. The van der Waals surface area contributed by atoms with E-state index in [1.165, 1.54) is 13.0 Å². The number of anilines is 1. The number of hydrogen-bond acceptors (Lipinski definition) is 5. The Kier molecular flexibility index (Phi) is 7.68. The van der Waals surface area contributed by atoms with Crippen molar-refractivity contribution in [3.63, 3.8) is 0 Å². The molecule has 1 atom stereocenters. The van der Waals surface area contributed by atoms with Crippen LogP contribution in [0.1, 0.15) is 12.5 Å². The molecule has 4 N–H and O–H groups in total. The van der Waals surface area contributed by atoms with Crippen molar-refractivity contribution < 1.29 is 13.2 Å². The fourth-order valence-corrected chi connectivity index (χ4v) is 4.14. The van der Waals surface area contributed by atoms with Crippen molar-refractivity contribution in [1.29, 1.82) is 0 Å². The van der Waals surface area contributed by atoms with Crippen LogP contribution in [0.4, 0.5) is 5.69 Å². The van der Waals surface area contributed by atoms with Gasteiger partial charge in [-0.15, -0.1) is 23.7 Å². The lowest BCUT2D eigenvalue weighted by molar-refractivity contribution is -0.122. The van der Waals surface area contributed by atoms with Gasteiger partial charge in [0.1, 0.15) is 4.21 Å². The Balaban J connectivity index is 0.00000288. The smallest absolute Gasteiger partial charge is 0.250 e. The molecule has 0 bridgehead atoms. The van der Waals surface area contributed by atoms with Gasteiger partial charge in [0.05, 0.1) is 6.04 Å². The van der Waals surface area contributed by atoms with E-state index in [4.69, 9.17) is 5.73 Å². The normalized spacial score (nSPS) is 12.2. The van der Waals surface area contributed by atoms with Crippen molar-refractivity contribution >= 4 is 45.4 Å². The molecule has 0 aliphatic heterocycles. The first-order valence-corrected chi connectivity index (χ1v) is 9.43. The number of amides is 1. The van der Waals surface area contributed by atoms with Crippen LogP contribution in [0.2, 0.25) is 0 Å². The first kappa shape index (κ1) is 20.4. The zero-order valence-corrected chi connectivity index (χ0v) is 15.5. The average Bonchev–Trinajstić information content (AvgIpc) is 3.04. The van der Waals surface area contributed by atoms with Gasteiger partial charge in [0.15, 0.2) is 0 Å². The Morgan fingerprint density at radius 1 is 1.25 bits per heavy atom. The predicted octanol–water partition coefficient (Wildman–Crippen LogP) is 1.78. The lowest BCUT2D eigenvalue weighted by atomic mass is 10.1. The molecule has 2 rings (SSSR count). The number of hydrogen-bond donors (Lipinski definition) is 3. The fraction of sp³-hybridized carbons (Fsp3) is 0.267. The second-order valence-electron chi connectivity index (χ2n) is 5.06. The number of thiophene rings is 1. The molecule has 24 heavy (non-hydrogen) atoms. The third kappa shape index (κ3) is 5.79. The van der Waals surface area contributed by atoms with E-state index in [0.29, 0.717) is 18.7 Å². The highest BCUT2D eigenvalue weighted by Gasteiger charge is 2.22. The van der Waals surface area contributed by atoms with Crippen LogP contribution < -0.4 is 15.8 Å². The molecule has 0 spiro atoms. The van der Waals surface area contributed by atoms with E-state index in [-0.39, 0.29) is 22.5 Å². The minimum Gasteiger partial charge on any atom is -0.399 e. The Morgan fingerprint density at radius 3 is 2.50 bits per heavy atom. The molecule has 0 aliphatic rings. The fourth-order valence-electron chi connectivity index (χ4n) is 1.93. The summed E-state index contributed by atoms with van der Waals surface area (Å²) in [7, 11) is -3.65. The van der Waals surface area contributed by atoms with Crippen LogP contribution in [0.5, 0.6) is 0 Å². The van der Waals surface area contributed by atoms with Gasteiger partial charge in [-0.1, -0.05) is 18.2 Å². The number of rotatable bonds is 7. The maximum atomic E-state index is 12.0. The molecule has 6 nitrogen and oxygen atoms in total. The number of nitrogens with two attached hydrogens (primary N) is 1. The van der Waals surface area contributed by atoms with E-state index in [2.05, 4.69) is 10.0 Å². The minimum atomic E-state index is -3.65. The molecule has 1 aromatic heterocycles. The number of benzene rings is 1. The first-order chi connectivity index (χ1) is 10.9. The quantitative estimate of drug-likeness (QED) is 0.628. The van der Waals surface area contributed by atoms with Crippen LogP contribution in [0.25, 0.3) is 0 Å². The number of halogens is 1. The van der Waals surface area contributed by atoms with Crippen LogP contribution >= 0.6 is 23.7 Å². The number of carbonyl (C=O) groups is 1. The SMILES string of the molecule is CC(NS(=O)(=O)c1cccs1)C(=O)NCCc1ccc(N)cc1.Cl. The largest absolute Gasteiger partial charge is 0.399 e. The molecule has 9 heteroatoms. The summed E-state index contributed by atoms with van der Waals surface area (Å²) >= 11 is 1.11. The molecule has 2 aromatic rings. The molecule has 1 heterocycles. The maximum Gasteiger partial charge on any atom is 0.250 e. The number of carbonyl (C=O) groups excluding carboxylic acids is 1. The molecule has 0 saturated carbocycles. The van der Waals surface area contributed by atoms with E-state index in [1.807, 2.05) is 12.1 Å². The zero-order valence-electron chi connectivity index (χ0n) is 13.1. The number of nitrogen functional groups attached to an aromatic ring is 1.